The molecule has 1 fully saturated rings. The number of hydrogen-bond acceptors (Lipinski definition) is 1. The van der Waals surface area contributed by atoms with E-state index < -0.39 is 5.60 Å². The van der Waals surface area contributed by atoms with E-state index in [1.165, 1.54) is 10.9 Å². The largest absolute Gasteiger partial charge is 0.473 e. The molecule has 2 aromatic rings. The highest BCUT2D eigenvalue weighted by Crippen LogP contribution is 2.61. The van der Waals surface area contributed by atoms with Crippen LogP contribution in [0.4, 0.5) is 0 Å². The highest BCUT2D eigenvalue weighted by atomic mass is 16.3. The molecule has 1 aromatic carbocycles. The average molecular weight is 393 g/mol. The van der Waals surface area contributed by atoms with Gasteiger partial charge in [0.05, 0.1) is 0 Å². The molecule has 0 bridgehead atoms. The number of aromatic amines is 1. The molecule has 3 heteroatoms. The number of hydrogen-bond donors (Lipinski definition) is 3. The number of allylic oxidation sites excluding steroid dienone is 1. The monoisotopic (exact) mass is 392 g/mol. The Morgan fingerprint density at radius 3 is 2.55 bits per heavy atom. The quantitative estimate of drug-likeness (QED) is 0.523. The summed E-state index contributed by atoms with van der Waals surface area (Å²) in [6, 6.07) is 6.39. The van der Waals surface area contributed by atoms with Gasteiger partial charge in [0, 0.05) is 38.9 Å². The van der Waals surface area contributed by atoms with E-state index >= 15 is 0 Å². The van der Waals surface area contributed by atoms with E-state index in [0.29, 0.717) is 0 Å². The molecule has 2 aliphatic rings. The lowest BCUT2D eigenvalue weighted by Crippen LogP contribution is -2.94. The van der Waals surface area contributed by atoms with Gasteiger partial charge in [-0.2, -0.15) is 7.05 Å². The third-order valence-electron chi connectivity index (χ3n) is 8.33. The molecule has 4 N–H and O–H groups in total. The third kappa shape index (κ3) is 2.38. The fourth-order valence-corrected chi connectivity index (χ4v) is 6.43. The molecular formula is C26H36N2O. The molecule has 4 unspecified atom stereocenters. The predicted octanol–water partition coefficient (Wildman–Crippen LogP) is 4.44. The zero-order valence-electron chi connectivity index (χ0n) is 18.6. The molecular weight excluding hydrogens is 356 g/mol. The Morgan fingerprint density at radius 1 is 1.28 bits per heavy atom. The first-order valence-corrected chi connectivity index (χ1v) is 10.8. The number of aromatic nitrogens is 1. The van der Waals surface area contributed by atoms with Crippen LogP contribution in [0, 0.1) is 18.4 Å². The van der Waals surface area contributed by atoms with E-state index in [4.69, 9.17) is 0 Å². The Hall–Kier alpha value is -1.84. The summed E-state index contributed by atoms with van der Waals surface area (Å²) >= 11 is 0. The van der Waals surface area contributed by atoms with Crippen LogP contribution in [0.15, 0.2) is 43.5 Å². The number of rotatable bonds is 4. The van der Waals surface area contributed by atoms with Crippen molar-refractivity contribution in [1.82, 2.24) is 4.98 Å². The van der Waals surface area contributed by atoms with Crippen LogP contribution in [0.3, 0.4) is 0 Å². The maximum absolute atomic E-state index is 12.8. The summed E-state index contributed by atoms with van der Waals surface area (Å²) < 4.78 is 0. The summed E-state index contributed by atoms with van der Waals surface area (Å²) in [7, 11) is 4.19. The van der Waals surface area contributed by atoms with Gasteiger partial charge in [-0.25, -0.2) is 0 Å². The van der Waals surface area contributed by atoms with E-state index in [2.05, 4.69) is 78.0 Å². The molecule has 0 spiro atoms. The minimum Gasteiger partial charge on any atom is -0.473 e. The van der Waals surface area contributed by atoms with Crippen LogP contribution in [0.1, 0.15) is 64.3 Å². The molecule has 1 heterocycles. The molecule has 29 heavy (non-hydrogen) atoms. The highest BCUT2D eigenvalue weighted by molar-refractivity contribution is 5.92. The second-order valence-electron chi connectivity index (χ2n) is 10.6. The van der Waals surface area contributed by atoms with Crippen molar-refractivity contribution in [2.45, 2.75) is 69.9 Å². The molecule has 0 radical (unpaired) electrons. The van der Waals surface area contributed by atoms with Gasteiger partial charge in [-0.15, -0.1) is 13.2 Å². The number of nitrogens with two attached hydrogens (primary N) is 1. The Labute approximate surface area is 175 Å². The Kier molecular flexibility index (Phi) is 4.29. The van der Waals surface area contributed by atoms with Gasteiger partial charge in [0.25, 0.3) is 0 Å². The van der Waals surface area contributed by atoms with Crippen molar-refractivity contribution in [1.29, 1.82) is 0 Å². The second kappa shape index (κ2) is 6.09. The van der Waals surface area contributed by atoms with Gasteiger partial charge in [0.1, 0.15) is 11.6 Å². The smallest absolute Gasteiger partial charge is 0.146 e. The summed E-state index contributed by atoms with van der Waals surface area (Å²) in [5, 5.41) is 15.9. The van der Waals surface area contributed by atoms with Gasteiger partial charge in [-0.05, 0) is 29.9 Å². The minimum absolute atomic E-state index is 0.0966. The lowest BCUT2D eigenvalue weighted by atomic mass is 9.48. The van der Waals surface area contributed by atoms with Crippen molar-refractivity contribution < 1.29 is 10.4 Å². The molecule has 0 aliphatic heterocycles. The van der Waals surface area contributed by atoms with Gasteiger partial charge in [0.15, 0.2) is 0 Å². The van der Waals surface area contributed by atoms with Crippen LogP contribution in [0.25, 0.3) is 10.9 Å². The van der Waals surface area contributed by atoms with Gasteiger partial charge in [0.2, 0.25) is 0 Å². The number of benzene rings is 1. The van der Waals surface area contributed by atoms with Gasteiger partial charge in [-0.1, -0.05) is 58.9 Å². The second-order valence-corrected chi connectivity index (χ2v) is 10.6. The number of quaternary nitrogens is 1. The average Bonchev–Trinajstić information content (AvgIpc) is 3.08. The van der Waals surface area contributed by atoms with Crippen molar-refractivity contribution >= 4 is 10.9 Å². The maximum Gasteiger partial charge on any atom is 0.146 e. The molecule has 4 atom stereocenters. The standard InChI is InChI=1S/C26H36N2O/c1-9-23(3,4)21-20-19-16(12-11-13-17(19)28-21)24(5,6)18-14-15-25(7,10-2)22(27-8)26(18,20)29/h9-13,18,22,28-29H,1-2,8,14-15,27H2,3-7H3. The zero-order chi connectivity index (χ0) is 21.4. The van der Waals surface area contributed by atoms with Crippen molar-refractivity contribution in [3.05, 3.63) is 67.4 Å². The number of aliphatic hydroxyl groups is 1. The third-order valence-corrected chi connectivity index (χ3v) is 8.33. The van der Waals surface area contributed by atoms with Crippen LogP contribution in [0.2, 0.25) is 0 Å². The molecule has 4 rings (SSSR count). The Morgan fingerprint density at radius 2 is 1.97 bits per heavy atom. The number of H-pyrrole nitrogens is 1. The summed E-state index contributed by atoms with van der Waals surface area (Å²) in [6.45, 7) is 19.4. The van der Waals surface area contributed by atoms with E-state index in [9.17, 15) is 5.11 Å². The van der Waals surface area contributed by atoms with Crippen LogP contribution in [-0.2, 0) is 16.4 Å². The normalized spacial score (nSPS) is 33.3. The van der Waals surface area contributed by atoms with E-state index in [1.54, 1.807) is 0 Å². The van der Waals surface area contributed by atoms with Crippen LogP contribution in [-0.4, -0.2) is 16.1 Å². The van der Waals surface area contributed by atoms with E-state index in [0.717, 1.165) is 29.6 Å². The van der Waals surface area contributed by atoms with Crippen molar-refractivity contribution in [3.8, 4) is 0 Å². The Bertz CT molecular complexity index is 998. The lowest BCUT2D eigenvalue weighted by molar-refractivity contribution is -0.672. The summed E-state index contributed by atoms with van der Waals surface area (Å²) in [4.78, 5) is 3.68. The van der Waals surface area contributed by atoms with Crippen molar-refractivity contribution in [2.24, 2.45) is 11.3 Å². The SMILES string of the molecule is C=CC(C)(C)c1[nH]c2cccc3c2c1C1(O)C([NH2+][CH2-])C(C)(C=C)CCC1C3(C)C. The molecule has 0 saturated heterocycles. The maximum atomic E-state index is 12.8. The fourth-order valence-electron chi connectivity index (χ4n) is 6.43. The fraction of sp³-hybridized carbons (Fsp3) is 0.500. The van der Waals surface area contributed by atoms with Gasteiger partial charge < -0.3 is 15.4 Å². The summed E-state index contributed by atoms with van der Waals surface area (Å²) in [5.41, 5.74) is 2.88. The van der Waals surface area contributed by atoms with Crippen molar-refractivity contribution in [2.75, 3.05) is 0 Å². The first-order chi connectivity index (χ1) is 13.5. The van der Waals surface area contributed by atoms with Crippen LogP contribution >= 0.6 is 0 Å². The molecule has 1 aromatic heterocycles. The van der Waals surface area contributed by atoms with Crippen molar-refractivity contribution in [3.63, 3.8) is 0 Å². The lowest BCUT2D eigenvalue weighted by Gasteiger charge is -2.59. The topological polar surface area (TPSA) is 52.6 Å². The predicted molar refractivity (Wildman–Crippen MR) is 121 cm³/mol. The first-order valence-electron chi connectivity index (χ1n) is 10.8. The highest BCUT2D eigenvalue weighted by Gasteiger charge is 2.64. The molecule has 3 nitrogen and oxygen atoms in total. The van der Waals surface area contributed by atoms with Crippen LogP contribution in [0.5, 0.6) is 0 Å². The molecule has 0 amide bonds. The minimum atomic E-state index is -1.02. The summed E-state index contributed by atoms with van der Waals surface area (Å²) in [6.07, 6.45) is 5.96. The first kappa shape index (κ1) is 20.4. The molecule has 156 valence electrons. The Balaban J connectivity index is 2.18. The molecule has 2 aliphatic carbocycles. The van der Waals surface area contributed by atoms with E-state index in [-0.39, 0.29) is 28.2 Å². The zero-order valence-corrected chi connectivity index (χ0v) is 18.6. The number of fused-ring (bicyclic) bond motifs is 2. The van der Waals surface area contributed by atoms with Gasteiger partial charge in [-0.3, -0.25) is 0 Å². The summed E-state index contributed by atoms with van der Waals surface area (Å²) in [5.74, 6) is 0.0966. The van der Waals surface area contributed by atoms with Gasteiger partial charge >= 0.3 is 0 Å². The molecule has 1 saturated carbocycles. The van der Waals surface area contributed by atoms with E-state index in [1.807, 2.05) is 17.5 Å². The number of nitrogens with one attached hydrogen (secondary N) is 1. The van der Waals surface area contributed by atoms with Crippen LogP contribution < -0.4 is 5.32 Å².